The van der Waals surface area contributed by atoms with Gasteiger partial charge in [-0.3, -0.25) is 9.45 Å². The Balaban J connectivity index is 0.00000127. The zero-order valence-corrected chi connectivity index (χ0v) is 14.1. The average molecular weight is 354 g/mol. The number of nitrogens with two attached hydrogens (primary N) is 1. The molecule has 0 aliphatic rings. The molecule has 4 N–H and O–H groups in total. The van der Waals surface area contributed by atoms with Crippen LogP contribution in [-0.2, 0) is 17.6 Å². The van der Waals surface area contributed by atoms with Crippen LogP contribution in [-0.4, -0.2) is 26.5 Å². The predicted octanol–water partition coefficient (Wildman–Crippen LogP) is 2.68. The molecule has 0 saturated heterocycles. The van der Waals surface area contributed by atoms with Gasteiger partial charge >= 0.3 is 5.97 Å². The lowest BCUT2D eigenvalue weighted by atomic mass is 9.86. The molecule has 6 heteroatoms. The van der Waals surface area contributed by atoms with Crippen molar-refractivity contribution in [1.82, 2.24) is 0 Å². The number of carboxylic acids is 1. The lowest BCUT2D eigenvalue weighted by Crippen LogP contribution is -2.52. The van der Waals surface area contributed by atoms with E-state index in [0.717, 1.165) is 11.1 Å². The maximum atomic E-state index is 11.4. The van der Waals surface area contributed by atoms with Crippen molar-refractivity contribution in [2.24, 2.45) is 5.73 Å². The Morgan fingerprint density at radius 3 is 1.65 bits per heavy atom. The molecule has 0 aliphatic heterocycles. The van der Waals surface area contributed by atoms with E-state index in [9.17, 15) is 9.90 Å². The van der Waals surface area contributed by atoms with E-state index in [2.05, 4.69) is 24.5 Å². The van der Waals surface area contributed by atoms with E-state index in [1.54, 1.807) is 0 Å². The first kappa shape index (κ1) is 19.5. The van der Waals surface area contributed by atoms with Gasteiger partial charge in [0.1, 0.15) is 6.04 Å². The Morgan fingerprint density at radius 2 is 1.35 bits per heavy atom. The summed E-state index contributed by atoms with van der Waals surface area (Å²) in [5.41, 5.74) is 7.97. The van der Waals surface area contributed by atoms with Crippen molar-refractivity contribution < 1.29 is 14.6 Å². The largest absolute Gasteiger partial charge is 0.480 e. The summed E-state index contributed by atoms with van der Waals surface area (Å²) >= 11 is 8.31. The number of aliphatic carboxylic acids is 1. The summed E-state index contributed by atoms with van der Waals surface area (Å²) in [6.45, 7) is 0. The minimum atomic E-state index is -1.04. The quantitative estimate of drug-likeness (QED) is 0.602. The first-order valence-corrected chi connectivity index (χ1v) is 7.75. The van der Waals surface area contributed by atoms with Gasteiger partial charge in [-0.2, -0.15) is 12.6 Å². The first-order chi connectivity index (χ1) is 11.0. The summed E-state index contributed by atoms with van der Waals surface area (Å²) < 4.78 is 5.63. The maximum absolute atomic E-state index is 11.4. The second-order valence-electron chi connectivity index (χ2n) is 5.24. The minimum absolute atomic E-state index is 0.499. The Hall–Kier alpha value is -1.53. The fourth-order valence-electron chi connectivity index (χ4n) is 2.41. The van der Waals surface area contributed by atoms with Gasteiger partial charge < -0.3 is 10.8 Å². The topological polar surface area (TPSA) is 83.6 Å². The third kappa shape index (κ3) is 5.88. The van der Waals surface area contributed by atoms with Crippen molar-refractivity contribution in [3.05, 3.63) is 71.8 Å². The van der Waals surface area contributed by atoms with Crippen LogP contribution in [0.15, 0.2) is 60.7 Å². The Labute approximate surface area is 146 Å². The van der Waals surface area contributed by atoms with Gasteiger partial charge in [-0.25, -0.2) is 0 Å². The Morgan fingerprint density at radius 1 is 1.00 bits per heavy atom. The summed E-state index contributed by atoms with van der Waals surface area (Å²) in [6.07, 6.45) is 0.999. The van der Waals surface area contributed by atoms with Crippen LogP contribution in [0.5, 0.6) is 0 Å². The molecule has 0 heterocycles. The molecule has 2 aromatic carbocycles. The van der Waals surface area contributed by atoms with Crippen LogP contribution < -0.4 is 5.73 Å². The molecule has 1 atom stereocenters. The summed E-state index contributed by atoms with van der Waals surface area (Å²) in [5.74, 6) is -1.03. The Kier molecular flexibility index (Phi) is 8.12. The van der Waals surface area contributed by atoms with E-state index >= 15 is 0 Å². The molecule has 2 rings (SSSR count). The Bertz CT molecular complexity index is 554. The third-order valence-electron chi connectivity index (χ3n) is 3.55. The van der Waals surface area contributed by atoms with Gasteiger partial charge in [-0.05, 0) is 24.0 Å². The number of thiol groups is 1. The molecule has 0 saturated carbocycles. The number of carboxylic acid groups (broad SMARTS) is 1. The SMILES string of the molecule is NC(C(=O)O)C(S)(Cc1ccccc1)Cc1ccccc1.OCl. The number of halogens is 1. The van der Waals surface area contributed by atoms with Gasteiger partial charge in [-0.1, -0.05) is 60.7 Å². The van der Waals surface area contributed by atoms with Gasteiger partial charge in [0.25, 0.3) is 0 Å². The summed E-state index contributed by atoms with van der Waals surface area (Å²) in [5, 5.41) is 9.30. The predicted molar refractivity (Wildman–Crippen MR) is 95.7 cm³/mol. The summed E-state index contributed by atoms with van der Waals surface area (Å²) in [6, 6.07) is 18.4. The molecule has 0 radical (unpaired) electrons. The number of carbonyl (C=O) groups is 1. The fourth-order valence-corrected chi connectivity index (χ4v) is 2.89. The summed E-state index contributed by atoms with van der Waals surface area (Å²) in [7, 11) is 0. The van der Waals surface area contributed by atoms with E-state index in [-0.39, 0.29) is 0 Å². The van der Waals surface area contributed by atoms with Crippen LogP contribution in [0.3, 0.4) is 0 Å². The normalized spacial score (nSPS) is 12.0. The van der Waals surface area contributed by atoms with Crippen molar-refractivity contribution in [2.75, 3.05) is 0 Å². The highest BCUT2D eigenvalue weighted by Gasteiger charge is 2.38. The van der Waals surface area contributed by atoms with Crippen LogP contribution in [0.25, 0.3) is 0 Å². The van der Waals surface area contributed by atoms with Gasteiger partial charge in [-0.15, -0.1) is 0 Å². The van der Waals surface area contributed by atoms with Crippen molar-refractivity contribution in [3.63, 3.8) is 0 Å². The third-order valence-corrected chi connectivity index (χ3v) is 4.15. The lowest BCUT2D eigenvalue weighted by molar-refractivity contribution is -0.139. The molecule has 0 aromatic heterocycles. The number of hydrogen-bond donors (Lipinski definition) is 4. The fraction of sp³-hybridized carbons (Fsp3) is 0.235. The van der Waals surface area contributed by atoms with E-state index in [0.29, 0.717) is 12.8 Å². The van der Waals surface area contributed by atoms with Gasteiger partial charge in [0.2, 0.25) is 0 Å². The standard InChI is InChI=1S/C17H19NO2S.ClHO/c18-15(16(19)20)17(21,11-13-7-3-1-4-8-13)12-14-9-5-2-6-10-14;1-2/h1-10,15,21H,11-12,18H2,(H,19,20);2H. The van der Waals surface area contributed by atoms with Crippen molar-refractivity contribution in [2.45, 2.75) is 23.6 Å². The number of hydrogen-bond acceptors (Lipinski definition) is 4. The highest BCUT2D eigenvalue weighted by atomic mass is 35.5. The molecule has 0 spiro atoms. The van der Waals surface area contributed by atoms with Crippen molar-refractivity contribution in [1.29, 1.82) is 0 Å². The molecule has 1 unspecified atom stereocenters. The highest BCUT2D eigenvalue weighted by molar-refractivity contribution is 7.82. The minimum Gasteiger partial charge on any atom is -0.480 e. The van der Waals surface area contributed by atoms with Crippen LogP contribution in [0.1, 0.15) is 11.1 Å². The van der Waals surface area contributed by atoms with Crippen LogP contribution >= 0.6 is 24.5 Å². The van der Waals surface area contributed by atoms with E-state index in [1.807, 2.05) is 60.7 Å². The highest BCUT2D eigenvalue weighted by Crippen LogP contribution is 2.29. The lowest BCUT2D eigenvalue weighted by Gasteiger charge is -2.32. The molecule has 23 heavy (non-hydrogen) atoms. The molecule has 0 bridgehead atoms. The zero-order valence-electron chi connectivity index (χ0n) is 12.5. The first-order valence-electron chi connectivity index (χ1n) is 6.97. The van der Waals surface area contributed by atoms with Crippen LogP contribution in [0.4, 0.5) is 0 Å². The zero-order chi connectivity index (χ0) is 17.3. The van der Waals surface area contributed by atoms with Crippen LogP contribution in [0.2, 0.25) is 0 Å². The maximum Gasteiger partial charge on any atom is 0.321 e. The van der Waals surface area contributed by atoms with Gasteiger partial charge in [0.15, 0.2) is 0 Å². The smallest absolute Gasteiger partial charge is 0.321 e. The second kappa shape index (κ2) is 9.57. The molecule has 2 aromatic rings. The monoisotopic (exact) mass is 353 g/mol. The van der Waals surface area contributed by atoms with Crippen molar-refractivity contribution in [3.8, 4) is 0 Å². The molecule has 0 fully saturated rings. The van der Waals surface area contributed by atoms with E-state index in [4.69, 9.17) is 10.4 Å². The molecule has 4 nitrogen and oxygen atoms in total. The average Bonchev–Trinajstić information content (AvgIpc) is 2.57. The molecule has 0 aliphatic carbocycles. The second-order valence-corrected chi connectivity index (χ2v) is 6.13. The van der Waals surface area contributed by atoms with Gasteiger partial charge in [0.05, 0.1) is 11.9 Å². The van der Waals surface area contributed by atoms with E-state index in [1.165, 1.54) is 0 Å². The van der Waals surface area contributed by atoms with Gasteiger partial charge in [0, 0.05) is 4.75 Å². The molecular weight excluding hydrogens is 334 g/mol. The summed E-state index contributed by atoms with van der Waals surface area (Å²) in [4.78, 5) is 11.4. The molecule has 0 amide bonds. The number of rotatable bonds is 6. The molecule has 124 valence electrons. The van der Waals surface area contributed by atoms with E-state index < -0.39 is 16.8 Å². The number of benzene rings is 2. The molecular formula is C17H20ClNO3S. The van der Waals surface area contributed by atoms with Crippen molar-refractivity contribution >= 4 is 30.5 Å². The van der Waals surface area contributed by atoms with Crippen LogP contribution in [0, 0.1) is 0 Å².